The summed E-state index contributed by atoms with van der Waals surface area (Å²) in [6, 6.07) is 0. The van der Waals surface area contributed by atoms with E-state index < -0.39 is 22.1 Å². The van der Waals surface area contributed by atoms with E-state index in [4.69, 9.17) is 9.84 Å². The number of carboxylic acids is 1. The van der Waals surface area contributed by atoms with Gasteiger partial charge in [-0.2, -0.15) is 0 Å². The highest BCUT2D eigenvalue weighted by Crippen LogP contribution is 2.05. The molecule has 0 saturated carbocycles. The third kappa shape index (κ3) is 16.2. The quantitative estimate of drug-likeness (QED) is 0.338. The van der Waals surface area contributed by atoms with Gasteiger partial charge < -0.3 is 14.9 Å². The van der Waals surface area contributed by atoms with Gasteiger partial charge in [-0.05, 0) is 38.5 Å². The molecule has 24 heavy (non-hydrogen) atoms. The molecule has 1 unspecified atom stereocenters. The molecule has 0 radical (unpaired) electrons. The highest BCUT2D eigenvalue weighted by molar-refractivity contribution is 7.89. The minimum absolute atomic E-state index is 0.0640. The number of hydrogen-bond acceptors (Lipinski definition) is 5. The van der Waals surface area contributed by atoms with Gasteiger partial charge in [-0.15, -0.1) is 0 Å². The van der Waals surface area contributed by atoms with Crippen LogP contribution in [-0.2, 0) is 19.6 Å². The van der Waals surface area contributed by atoms with Crippen molar-refractivity contribution in [3.05, 3.63) is 0 Å². The number of carboxylic acid groups (broad SMARTS) is 1. The lowest BCUT2D eigenvalue weighted by atomic mass is 10.1. The minimum atomic E-state index is -3.26. The van der Waals surface area contributed by atoms with Crippen molar-refractivity contribution >= 4 is 16.0 Å². The molecule has 1 atom stereocenters. The molecule has 0 fully saturated rings. The van der Waals surface area contributed by atoms with Gasteiger partial charge in [0.15, 0.2) is 0 Å². The molecule has 0 bridgehead atoms. The van der Waals surface area contributed by atoms with Crippen molar-refractivity contribution in [2.24, 2.45) is 0 Å². The lowest BCUT2D eigenvalue weighted by Gasteiger charge is -2.11. The van der Waals surface area contributed by atoms with Gasteiger partial charge in [0.2, 0.25) is 10.0 Å². The standard InChI is InChI=1S/C16H33NO6S/c1-2-12-23-14-15(18)9-6-8-13-24(21,22)17-11-7-4-3-5-10-16(19)20/h15,17-18H,2-14H2,1H3,(H,19,20). The molecule has 0 aliphatic heterocycles. The van der Waals surface area contributed by atoms with Crippen molar-refractivity contribution < 1.29 is 28.2 Å². The summed E-state index contributed by atoms with van der Waals surface area (Å²) in [6.07, 6.45) is 5.22. The first kappa shape index (κ1) is 23.3. The normalized spacial score (nSPS) is 13.1. The zero-order valence-corrected chi connectivity index (χ0v) is 15.5. The fraction of sp³-hybridized carbons (Fsp3) is 0.938. The molecule has 0 aromatic heterocycles. The van der Waals surface area contributed by atoms with Gasteiger partial charge in [0, 0.05) is 19.6 Å². The fourth-order valence-corrected chi connectivity index (χ4v) is 3.36. The van der Waals surface area contributed by atoms with E-state index in [9.17, 15) is 18.3 Å². The number of aliphatic carboxylic acids is 1. The molecule has 0 aromatic carbocycles. The van der Waals surface area contributed by atoms with Crippen LogP contribution in [0, 0.1) is 0 Å². The van der Waals surface area contributed by atoms with Gasteiger partial charge in [0.1, 0.15) is 0 Å². The summed E-state index contributed by atoms with van der Waals surface area (Å²) in [5.41, 5.74) is 0. The molecular formula is C16H33NO6S. The predicted octanol–water partition coefficient (Wildman–Crippen LogP) is 1.90. The second-order valence-electron chi connectivity index (χ2n) is 6.00. The molecule has 7 nitrogen and oxygen atoms in total. The van der Waals surface area contributed by atoms with Crippen LogP contribution in [0.2, 0.25) is 0 Å². The molecule has 0 aliphatic rings. The lowest BCUT2D eigenvalue weighted by Crippen LogP contribution is -2.27. The maximum Gasteiger partial charge on any atom is 0.303 e. The predicted molar refractivity (Wildman–Crippen MR) is 93.5 cm³/mol. The number of aliphatic hydroxyl groups is 1. The second kappa shape index (κ2) is 14.6. The Kier molecular flexibility index (Phi) is 14.2. The third-order valence-electron chi connectivity index (χ3n) is 3.50. The molecule has 0 aromatic rings. The monoisotopic (exact) mass is 367 g/mol. The Morgan fingerprint density at radius 2 is 1.83 bits per heavy atom. The first-order chi connectivity index (χ1) is 11.4. The number of unbranched alkanes of at least 4 members (excludes halogenated alkanes) is 4. The van der Waals surface area contributed by atoms with E-state index in [1.807, 2.05) is 6.92 Å². The molecule has 0 heterocycles. The number of carbonyl (C=O) groups is 1. The summed E-state index contributed by atoms with van der Waals surface area (Å²) in [6.45, 7) is 3.33. The summed E-state index contributed by atoms with van der Waals surface area (Å²) in [4.78, 5) is 10.3. The fourth-order valence-electron chi connectivity index (χ4n) is 2.17. The summed E-state index contributed by atoms with van der Waals surface area (Å²) in [5, 5.41) is 18.2. The molecular weight excluding hydrogens is 334 g/mol. The Morgan fingerprint density at radius 3 is 2.50 bits per heavy atom. The average molecular weight is 368 g/mol. The van der Waals surface area contributed by atoms with Crippen LogP contribution in [0.15, 0.2) is 0 Å². The Morgan fingerprint density at radius 1 is 1.12 bits per heavy atom. The zero-order valence-electron chi connectivity index (χ0n) is 14.7. The van der Waals surface area contributed by atoms with E-state index in [0.717, 1.165) is 19.3 Å². The highest BCUT2D eigenvalue weighted by Gasteiger charge is 2.10. The molecule has 0 spiro atoms. The molecule has 0 rings (SSSR count). The van der Waals surface area contributed by atoms with Gasteiger partial charge in [0.25, 0.3) is 0 Å². The van der Waals surface area contributed by atoms with Crippen LogP contribution in [0.1, 0.15) is 64.7 Å². The van der Waals surface area contributed by atoms with Crippen molar-refractivity contribution in [2.45, 2.75) is 70.8 Å². The number of rotatable bonds is 17. The van der Waals surface area contributed by atoms with Crippen LogP contribution in [0.4, 0.5) is 0 Å². The molecule has 8 heteroatoms. The number of ether oxygens (including phenoxy) is 1. The van der Waals surface area contributed by atoms with Crippen molar-refractivity contribution in [3.8, 4) is 0 Å². The number of nitrogens with one attached hydrogen (secondary N) is 1. The van der Waals surface area contributed by atoms with E-state index in [0.29, 0.717) is 51.9 Å². The third-order valence-corrected chi connectivity index (χ3v) is 4.97. The number of sulfonamides is 1. The van der Waals surface area contributed by atoms with Gasteiger partial charge >= 0.3 is 5.97 Å². The van der Waals surface area contributed by atoms with E-state index in [-0.39, 0.29) is 12.2 Å². The summed E-state index contributed by atoms with van der Waals surface area (Å²) < 4.78 is 31.4. The Hall–Kier alpha value is -0.700. The van der Waals surface area contributed by atoms with Crippen LogP contribution < -0.4 is 4.72 Å². The maximum absolute atomic E-state index is 11.8. The number of hydrogen-bond donors (Lipinski definition) is 3. The van der Waals surface area contributed by atoms with Gasteiger partial charge in [-0.3, -0.25) is 4.79 Å². The van der Waals surface area contributed by atoms with Crippen LogP contribution in [0.5, 0.6) is 0 Å². The second-order valence-corrected chi connectivity index (χ2v) is 7.92. The summed E-state index contributed by atoms with van der Waals surface area (Å²) in [7, 11) is -3.26. The van der Waals surface area contributed by atoms with Gasteiger partial charge in [-0.1, -0.05) is 19.8 Å². The molecule has 3 N–H and O–H groups in total. The van der Waals surface area contributed by atoms with Crippen LogP contribution >= 0.6 is 0 Å². The largest absolute Gasteiger partial charge is 0.481 e. The minimum Gasteiger partial charge on any atom is -0.481 e. The van der Waals surface area contributed by atoms with E-state index in [1.165, 1.54) is 0 Å². The Balaban J connectivity index is 3.56. The Bertz CT molecular complexity index is 413. The SMILES string of the molecule is CCCOCC(O)CCCCS(=O)(=O)NCCCCCCC(=O)O. The number of aliphatic hydroxyl groups excluding tert-OH is 1. The van der Waals surface area contributed by atoms with Gasteiger partial charge in [0.05, 0.1) is 18.5 Å². The first-order valence-electron chi connectivity index (χ1n) is 8.82. The molecule has 144 valence electrons. The van der Waals surface area contributed by atoms with Crippen molar-refractivity contribution in [1.82, 2.24) is 4.72 Å². The van der Waals surface area contributed by atoms with Crippen molar-refractivity contribution in [3.63, 3.8) is 0 Å². The zero-order chi connectivity index (χ0) is 18.3. The molecule has 0 amide bonds. The first-order valence-corrected chi connectivity index (χ1v) is 10.5. The van der Waals surface area contributed by atoms with E-state index in [1.54, 1.807) is 0 Å². The Labute approximate surface area is 145 Å². The maximum atomic E-state index is 11.8. The topological polar surface area (TPSA) is 113 Å². The molecule has 0 saturated heterocycles. The summed E-state index contributed by atoms with van der Waals surface area (Å²) in [5.74, 6) is -0.730. The average Bonchev–Trinajstić information content (AvgIpc) is 2.50. The highest BCUT2D eigenvalue weighted by atomic mass is 32.2. The van der Waals surface area contributed by atoms with Crippen LogP contribution in [0.25, 0.3) is 0 Å². The smallest absolute Gasteiger partial charge is 0.303 e. The van der Waals surface area contributed by atoms with Gasteiger partial charge in [-0.25, -0.2) is 13.1 Å². The van der Waals surface area contributed by atoms with Crippen molar-refractivity contribution in [2.75, 3.05) is 25.5 Å². The van der Waals surface area contributed by atoms with E-state index >= 15 is 0 Å². The van der Waals surface area contributed by atoms with Crippen LogP contribution in [0.3, 0.4) is 0 Å². The van der Waals surface area contributed by atoms with Crippen molar-refractivity contribution in [1.29, 1.82) is 0 Å². The van der Waals surface area contributed by atoms with Crippen LogP contribution in [-0.4, -0.2) is 56.2 Å². The molecule has 0 aliphatic carbocycles. The van der Waals surface area contributed by atoms with E-state index in [2.05, 4.69) is 4.72 Å². The summed E-state index contributed by atoms with van der Waals surface area (Å²) >= 11 is 0. The lowest BCUT2D eigenvalue weighted by molar-refractivity contribution is -0.137.